The van der Waals surface area contributed by atoms with Crippen LogP contribution in [0.5, 0.6) is 0 Å². The Bertz CT molecular complexity index is 128. The fourth-order valence-corrected chi connectivity index (χ4v) is 1.80. The Morgan fingerprint density at radius 3 is 2.33 bits per heavy atom. The summed E-state index contributed by atoms with van der Waals surface area (Å²) >= 11 is 1.29. The third kappa shape index (κ3) is 4.78. The van der Waals surface area contributed by atoms with Crippen LogP contribution in [0.4, 0.5) is 0 Å². The Balaban J connectivity index is 3.92. The van der Waals surface area contributed by atoms with Gasteiger partial charge >= 0.3 is 0 Å². The molecule has 0 aliphatic carbocycles. The lowest BCUT2D eigenvalue weighted by molar-refractivity contribution is 0.329. The smallest absolute Gasteiger partial charge is 0.191 e. The highest BCUT2D eigenvalue weighted by molar-refractivity contribution is 8.09. The maximum absolute atomic E-state index is 10.3. The van der Waals surface area contributed by atoms with E-state index < -0.39 is 0 Å². The molecule has 0 amide bonds. The van der Waals surface area contributed by atoms with Gasteiger partial charge in [-0.1, -0.05) is 20.8 Å². The van der Waals surface area contributed by atoms with Gasteiger partial charge in [0.2, 0.25) is 0 Å². The molecule has 0 saturated carbocycles. The highest BCUT2D eigenvalue weighted by atomic mass is 32.2. The molecule has 0 aromatic rings. The first-order valence-electron chi connectivity index (χ1n) is 4.48. The molecule has 0 radical (unpaired) electrons. The van der Waals surface area contributed by atoms with Crippen molar-refractivity contribution < 1.29 is 4.79 Å². The van der Waals surface area contributed by atoms with E-state index in [9.17, 15) is 4.79 Å². The van der Waals surface area contributed by atoms with Crippen molar-refractivity contribution in [3.63, 3.8) is 0 Å². The number of hydrogen-bond donors (Lipinski definition) is 0. The van der Waals surface area contributed by atoms with Crippen molar-refractivity contribution in [2.45, 2.75) is 40.2 Å². The number of nitrogens with zero attached hydrogens (tertiary/aromatic N) is 1. The van der Waals surface area contributed by atoms with E-state index in [1.54, 1.807) is 0 Å². The zero-order chi connectivity index (χ0) is 9.56. The molecule has 0 aliphatic heterocycles. The average molecular weight is 189 g/mol. The predicted molar refractivity (Wildman–Crippen MR) is 55.6 cm³/mol. The minimum atomic E-state index is 0.489. The van der Waals surface area contributed by atoms with Gasteiger partial charge in [0.25, 0.3) is 0 Å². The molecule has 0 aliphatic rings. The summed E-state index contributed by atoms with van der Waals surface area (Å²) in [4.78, 5) is 10.3. The topological polar surface area (TPSA) is 20.3 Å². The molecule has 0 heterocycles. The van der Waals surface area contributed by atoms with Crippen LogP contribution in [0.3, 0.4) is 0 Å². The minimum Gasteiger partial charge on any atom is -0.290 e. The molecule has 0 fully saturated rings. The van der Waals surface area contributed by atoms with Crippen LogP contribution < -0.4 is 0 Å². The minimum absolute atomic E-state index is 0.489. The molecule has 1 unspecified atom stereocenters. The maximum atomic E-state index is 10.3. The first-order valence-corrected chi connectivity index (χ1v) is 5.32. The van der Waals surface area contributed by atoms with Gasteiger partial charge in [0.15, 0.2) is 5.62 Å². The van der Waals surface area contributed by atoms with Crippen molar-refractivity contribution >= 4 is 17.6 Å². The van der Waals surface area contributed by atoms with Crippen LogP contribution in [0, 0.1) is 5.92 Å². The molecule has 1 atom stereocenters. The second-order valence-electron chi connectivity index (χ2n) is 3.45. The summed E-state index contributed by atoms with van der Waals surface area (Å²) in [6.07, 6.45) is 1.09. The van der Waals surface area contributed by atoms with E-state index in [0.29, 0.717) is 12.0 Å². The molecule has 0 saturated heterocycles. The second-order valence-corrected chi connectivity index (χ2v) is 4.32. The zero-order valence-corrected chi connectivity index (χ0v) is 9.23. The lowest BCUT2D eigenvalue weighted by Crippen LogP contribution is -2.29. The molecule has 0 aromatic carbocycles. The Morgan fingerprint density at radius 1 is 1.42 bits per heavy atom. The van der Waals surface area contributed by atoms with Crippen molar-refractivity contribution in [2.24, 2.45) is 5.92 Å². The number of hydrogen-bond acceptors (Lipinski definition) is 3. The van der Waals surface area contributed by atoms with Crippen LogP contribution in [0.25, 0.3) is 0 Å². The fraction of sp³-hybridized carbons (Fsp3) is 0.889. The first-order chi connectivity index (χ1) is 5.61. The van der Waals surface area contributed by atoms with Gasteiger partial charge in [-0.25, -0.2) is 4.31 Å². The van der Waals surface area contributed by atoms with Gasteiger partial charge < -0.3 is 0 Å². The predicted octanol–water partition coefficient (Wildman–Crippen LogP) is 2.58. The van der Waals surface area contributed by atoms with Gasteiger partial charge in [0, 0.05) is 12.6 Å². The molecular formula is C9H19NOS. The Morgan fingerprint density at radius 2 is 2.00 bits per heavy atom. The normalized spacial score (nSPS) is 13.8. The molecular weight excluding hydrogens is 170 g/mol. The Hall–Kier alpha value is -0.0200. The van der Waals surface area contributed by atoms with E-state index in [4.69, 9.17) is 0 Å². The summed E-state index contributed by atoms with van der Waals surface area (Å²) in [5.41, 5.74) is 0.911. The molecule has 0 N–H and O–H groups in total. The molecule has 72 valence electrons. The van der Waals surface area contributed by atoms with E-state index in [1.165, 1.54) is 11.9 Å². The largest absolute Gasteiger partial charge is 0.290 e. The van der Waals surface area contributed by atoms with Crippen molar-refractivity contribution in [1.29, 1.82) is 0 Å². The molecule has 0 spiro atoms. The van der Waals surface area contributed by atoms with E-state index in [-0.39, 0.29) is 0 Å². The summed E-state index contributed by atoms with van der Waals surface area (Å²) < 4.78 is 2.15. The highest BCUT2D eigenvalue weighted by Gasteiger charge is 2.13. The number of carbonyl (C=O) groups excluding carboxylic acids is 1. The van der Waals surface area contributed by atoms with Crippen molar-refractivity contribution in [2.75, 3.05) is 6.54 Å². The fourth-order valence-electron chi connectivity index (χ4n) is 0.946. The number of rotatable bonds is 6. The second kappa shape index (κ2) is 6.49. The standard InChI is InChI=1S/C9H19NOS/c1-5-9(4)10(12-7-11)6-8(2)3/h7-9H,5-6H2,1-4H3. The lowest BCUT2D eigenvalue weighted by Gasteiger charge is -2.26. The maximum Gasteiger partial charge on any atom is 0.191 e. The molecule has 0 aromatic heterocycles. The summed E-state index contributed by atoms with van der Waals surface area (Å²) in [7, 11) is 0. The van der Waals surface area contributed by atoms with E-state index in [2.05, 4.69) is 32.0 Å². The van der Waals surface area contributed by atoms with Crippen molar-refractivity contribution in [1.82, 2.24) is 4.31 Å². The Kier molecular flexibility index (Phi) is 6.48. The third-order valence-corrected chi connectivity index (χ3v) is 2.67. The monoisotopic (exact) mass is 189 g/mol. The lowest BCUT2D eigenvalue weighted by atomic mass is 10.2. The van der Waals surface area contributed by atoms with E-state index >= 15 is 0 Å². The van der Waals surface area contributed by atoms with Gasteiger partial charge in [-0.2, -0.15) is 0 Å². The van der Waals surface area contributed by atoms with Crippen LogP contribution in [0.1, 0.15) is 34.1 Å². The van der Waals surface area contributed by atoms with E-state index in [1.807, 2.05) is 0 Å². The van der Waals surface area contributed by atoms with Crippen molar-refractivity contribution in [3.8, 4) is 0 Å². The van der Waals surface area contributed by atoms with Crippen LogP contribution in [0.2, 0.25) is 0 Å². The van der Waals surface area contributed by atoms with E-state index in [0.717, 1.165) is 18.6 Å². The van der Waals surface area contributed by atoms with Gasteiger partial charge in [-0.15, -0.1) is 0 Å². The van der Waals surface area contributed by atoms with Gasteiger partial charge in [-0.3, -0.25) is 4.79 Å². The molecule has 0 bridgehead atoms. The van der Waals surface area contributed by atoms with Gasteiger partial charge in [-0.05, 0) is 31.2 Å². The summed E-state index contributed by atoms with van der Waals surface area (Å²) in [6.45, 7) is 9.61. The molecule has 3 heteroatoms. The summed E-state index contributed by atoms with van der Waals surface area (Å²) in [6, 6.07) is 0.489. The average Bonchev–Trinajstić information content (AvgIpc) is 2.01. The van der Waals surface area contributed by atoms with Crippen LogP contribution in [-0.2, 0) is 4.79 Å². The summed E-state index contributed by atoms with van der Waals surface area (Å²) in [5, 5.41) is 0. The van der Waals surface area contributed by atoms with Gasteiger partial charge in [0.1, 0.15) is 0 Å². The quantitative estimate of drug-likeness (QED) is 0.473. The third-order valence-electron chi connectivity index (χ3n) is 1.81. The SMILES string of the molecule is CCC(C)N(CC(C)C)SC=O. The highest BCUT2D eigenvalue weighted by Crippen LogP contribution is 2.16. The van der Waals surface area contributed by atoms with Crippen LogP contribution in [-0.4, -0.2) is 22.5 Å². The molecule has 0 rings (SSSR count). The molecule has 12 heavy (non-hydrogen) atoms. The van der Waals surface area contributed by atoms with Crippen molar-refractivity contribution in [3.05, 3.63) is 0 Å². The first kappa shape index (κ1) is 12.0. The van der Waals surface area contributed by atoms with Crippen LogP contribution >= 0.6 is 11.9 Å². The number of carbonyl (C=O) groups is 1. The van der Waals surface area contributed by atoms with Gasteiger partial charge in [0.05, 0.1) is 0 Å². The molecule has 2 nitrogen and oxygen atoms in total. The Labute approximate surface area is 79.8 Å². The van der Waals surface area contributed by atoms with Crippen LogP contribution in [0.15, 0.2) is 0 Å². The zero-order valence-electron chi connectivity index (χ0n) is 8.41. The summed E-state index contributed by atoms with van der Waals surface area (Å²) in [5.74, 6) is 0.617.